The van der Waals surface area contributed by atoms with Crippen LogP contribution in [0.4, 0.5) is 0 Å². The van der Waals surface area contributed by atoms with Crippen LogP contribution in [0.2, 0.25) is 0 Å². The van der Waals surface area contributed by atoms with Crippen LogP contribution in [0.5, 0.6) is 17.2 Å². The van der Waals surface area contributed by atoms with Gasteiger partial charge in [-0.1, -0.05) is 39.3 Å². The van der Waals surface area contributed by atoms with E-state index in [0.717, 1.165) is 18.6 Å². The van der Waals surface area contributed by atoms with Crippen molar-refractivity contribution in [2.45, 2.75) is 303 Å². The molecular weight excluding hydrogens is 1610 g/mol. The maximum Gasteiger partial charge on any atom is 0.331 e. The van der Waals surface area contributed by atoms with Gasteiger partial charge in [-0.2, -0.15) is 0 Å². The summed E-state index contributed by atoms with van der Waals surface area (Å²) in [7, 11) is 4.17. The number of hydrogen-bond donors (Lipinski definition) is 18. The quantitative estimate of drug-likeness (QED) is 0.0138. The number of fused-ring (bicyclic) bond motifs is 7. The Morgan fingerprint density at radius 2 is 1.18 bits per heavy atom. The van der Waals surface area contributed by atoms with Gasteiger partial charge in [0, 0.05) is 11.5 Å². The van der Waals surface area contributed by atoms with Crippen molar-refractivity contribution in [2.75, 3.05) is 61.0 Å². The van der Waals surface area contributed by atoms with E-state index in [4.69, 9.17) is 80.5 Å². The minimum atomic E-state index is -2.55. The van der Waals surface area contributed by atoms with Crippen molar-refractivity contribution in [1.29, 1.82) is 0 Å². The van der Waals surface area contributed by atoms with Gasteiger partial charge in [-0.05, 0) is 143 Å². The molecule has 6 aliphatic heterocycles. The molecule has 40 nitrogen and oxygen atoms in total. The minimum Gasteiger partial charge on any atom is -0.493 e. The fraction of sp³-hybridized carbons (Fsp3) is 0.815. The molecule has 121 heavy (non-hydrogen) atoms. The van der Waals surface area contributed by atoms with Crippen LogP contribution < -0.4 is 14.2 Å². The Morgan fingerprint density at radius 1 is 0.587 bits per heavy atom. The predicted molar refractivity (Wildman–Crippen MR) is 402 cm³/mol. The molecule has 0 aromatic heterocycles. The highest BCUT2D eigenvalue weighted by molar-refractivity contribution is 5.87. The molecule has 37 atom stereocenters. The van der Waals surface area contributed by atoms with Crippen molar-refractivity contribution in [3.05, 3.63) is 35.4 Å². The van der Waals surface area contributed by atoms with Crippen LogP contribution in [0.1, 0.15) is 132 Å². The first-order valence-corrected chi connectivity index (χ1v) is 40.9. The number of hydrogen-bond acceptors (Lipinski definition) is 38. The largest absolute Gasteiger partial charge is 0.493 e. The van der Waals surface area contributed by atoms with E-state index < -0.39 is 310 Å². The van der Waals surface area contributed by atoms with Crippen LogP contribution in [-0.4, -0.2) is 360 Å². The number of carbonyl (C=O) groups is 5. The highest BCUT2D eigenvalue weighted by Gasteiger charge is 2.74. The molecule has 1 aromatic carbocycles. The number of carbonyl (C=O) groups excluding carboxylic acids is 3. The average Bonchev–Trinajstić information content (AvgIpc) is 0.938. The lowest BCUT2D eigenvalue weighted by molar-refractivity contribution is -0.388. The van der Waals surface area contributed by atoms with E-state index >= 15 is 4.79 Å². The number of allylic oxidation sites excluding steroid dienone is 1. The smallest absolute Gasteiger partial charge is 0.331 e. The number of benzene rings is 1. The Bertz CT molecular complexity index is 3870. The van der Waals surface area contributed by atoms with Crippen molar-refractivity contribution >= 4 is 35.9 Å². The van der Waals surface area contributed by atoms with E-state index in [1.807, 2.05) is 26.8 Å². The second-order valence-corrected chi connectivity index (χ2v) is 36.4. The summed E-state index contributed by atoms with van der Waals surface area (Å²) in [6.07, 6.45) is -45.1. The van der Waals surface area contributed by atoms with Gasteiger partial charge in [0.15, 0.2) is 60.8 Å². The number of carboxylic acids is 2. The summed E-state index contributed by atoms with van der Waals surface area (Å²) in [5, 5.41) is 203. The Labute approximate surface area is 696 Å². The lowest BCUT2D eigenvalue weighted by Crippen LogP contribution is -2.71. The standard InChI is InChI=1S/C81H120O40/c1-34-58(115-48(89)15-12-36-22-42(105-9)61(107-11)43(23-36)106-10)55(96)63(119-69-57(98)62(118-71-64(99)81(104,33-111-71)32-110-49(90)27-75(5,103)26-47(87)88)59(35(2)112-69)116-67-56(97)60(41(86)30-109-67)117-66-53(94)50(91)40(85)29-108-66)70(113-34)121-73(102)79-19-18-74(3,4)24-38(79)37-13-14-45-76(6)25-39(84)65(120-68-54(95)52(93)51(92)44(28-82)114-68)78(8,72(100)101)46(76)16-17-77(45,7)80(37,31-83)21-20-79/h12-13,15,22-23,34-35,38-41,44-46,50-60,62-71,82-86,91-99,103-104H,14,16-21,24-33H2,1-11H3,(H,87,88)(H,100,101)/t34-,35+,38+,39+,40-,41-,44-,45-,46-,50-,51-,52+,53+,54-,55+,56-,57-,58+,59+,60+,62+,63-,64+,65+,66-,67+,68+,69+,70+,71+,75+,76-,77-,78+,79+,80+,81-/m1/s1. The number of ether oxygens (including phenoxy) is 17. The first-order chi connectivity index (χ1) is 56.8. The second kappa shape index (κ2) is 36.3. The van der Waals surface area contributed by atoms with Gasteiger partial charge in [0.1, 0.15) is 104 Å². The van der Waals surface area contributed by atoms with E-state index in [1.165, 1.54) is 60.3 Å². The molecule has 1 aromatic rings. The van der Waals surface area contributed by atoms with Gasteiger partial charge >= 0.3 is 29.8 Å². The SMILES string of the molecule is COc1cc(C=CC(=O)O[C@@H]2[C@H](O)[C@@H](O[C@@H]3O[C@@H](C)[C@H](O[C@@H]4OC[C@@H](O)[C@H](O[C@H]5OC[C@@H](O)[C@@H](O)[C@@H]5O)[C@H]4O)[C@@H](O[C@@H]4OC[C@](O)(COC(=O)C[C@@](C)(O)CC(=O)O)[C@H]4O)[C@H]3O)[C@H](OC(=O)[C@]34CCC(C)(C)C[C@H]3C3=CC[C@@H]5[C@@]6(C)C[C@H](O)[C@H](O[C@@H]7O[C@H](CO)[C@@H](O)[C@H](O)[C@H]7O)[C@@](C)(C(=O)O)[C@@H]6CC[C@@]5(C)[C@]3(CO)CC4)O[C@@H]2C)cc(OC)c1OC. The predicted octanol–water partition coefficient (Wildman–Crippen LogP) is -2.95. The highest BCUT2D eigenvalue weighted by atomic mass is 16.8. The minimum absolute atomic E-state index is 0.0477. The number of aliphatic hydroxyl groups is 16. The number of carboxylic acid groups (broad SMARTS) is 2. The monoisotopic (exact) mass is 1730 g/mol. The van der Waals surface area contributed by atoms with Crippen LogP contribution in [0.15, 0.2) is 29.9 Å². The van der Waals surface area contributed by atoms with E-state index in [1.54, 1.807) is 0 Å². The summed E-state index contributed by atoms with van der Waals surface area (Å²) in [6.45, 7) is 8.95. The third-order valence-corrected chi connectivity index (χ3v) is 28.1. The average molecular weight is 1730 g/mol. The summed E-state index contributed by atoms with van der Waals surface area (Å²) in [4.78, 5) is 69.0. The number of esters is 3. The summed E-state index contributed by atoms with van der Waals surface area (Å²) >= 11 is 0. The number of rotatable bonds is 27. The molecule has 0 radical (unpaired) electrons. The first-order valence-electron chi connectivity index (χ1n) is 40.9. The third kappa shape index (κ3) is 17.6. The molecule has 0 amide bonds. The van der Waals surface area contributed by atoms with Crippen LogP contribution in [0.3, 0.4) is 0 Å². The maximum absolute atomic E-state index is 16.3. The molecule has 12 rings (SSSR count). The zero-order valence-electron chi connectivity index (χ0n) is 69.3. The molecule has 5 aliphatic carbocycles. The zero-order valence-corrected chi connectivity index (χ0v) is 69.3. The molecule has 0 bridgehead atoms. The molecule has 4 saturated carbocycles. The number of aliphatic carboxylic acids is 2. The fourth-order valence-corrected chi connectivity index (χ4v) is 21.4. The van der Waals surface area contributed by atoms with Gasteiger partial charge in [-0.25, -0.2) is 4.79 Å². The molecular formula is C81H120O40. The molecule has 6 saturated heterocycles. The van der Waals surface area contributed by atoms with Gasteiger partial charge < -0.3 is 172 Å². The zero-order chi connectivity index (χ0) is 88.7. The van der Waals surface area contributed by atoms with E-state index in [0.29, 0.717) is 24.8 Å². The molecule has 0 unspecified atom stereocenters. The summed E-state index contributed by atoms with van der Waals surface area (Å²) < 4.78 is 101. The lowest BCUT2D eigenvalue weighted by Gasteiger charge is -2.71. The third-order valence-electron chi connectivity index (χ3n) is 28.1. The summed E-state index contributed by atoms with van der Waals surface area (Å²) in [5.41, 5.74) is -10.4. The molecule has 11 aliphatic rings. The number of methoxy groups -OCH3 is 3. The van der Waals surface area contributed by atoms with E-state index in [-0.39, 0.29) is 55.8 Å². The molecule has 684 valence electrons. The Balaban J connectivity index is 0.865. The molecule has 40 heteroatoms. The van der Waals surface area contributed by atoms with Gasteiger partial charge in [-0.3, -0.25) is 19.2 Å². The highest BCUT2D eigenvalue weighted by Crippen LogP contribution is 2.76. The van der Waals surface area contributed by atoms with E-state index in [2.05, 4.69) is 6.92 Å². The van der Waals surface area contributed by atoms with Gasteiger partial charge in [0.25, 0.3) is 0 Å². The van der Waals surface area contributed by atoms with Gasteiger partial charge in [-0.15, -0.1) is 0 Å². The first kappa shape index (κ1) is 94.5. The Kier molecular flexibility index (Phi) is 28.3. The lowest BCUT2D eigenvalue weighted by atomic mass is 9.33. The van der Waals surface area contributed by atoms with E-state index in [9.17, 15) is 111 Å². The van der Waals surface area contributed by atoms with Crippen molar-refractivity contribution in [2.24, 2.45) is 50.2 Å². The summed E-state index contributed by atoms with van der Waals surface area (Å²) in [5.74, 6) is -7.14. The van der Waals surface area contributed by atoms with Crippen molar-refractivity contribution < 1.29 is 196 Å². The van der Waals surface area contributed by atoms with Gasteiger partial charge in [0.05, 0.1) is 102 Å². The van der Waals surface area contributed by atoms with Crippen molar-refractivity contribution in [3.63, 3.8) is 0 Å². The Morgan fingerprint density at radius 3 is 1.82 bits per heavy atom. The van der Waals surface area contributed by atoms with Crippen LogP contribution in [0.25, 0.3) is 6.08 Å². The topological polar surface area (TPSA) is 606 Å². The van der Waals surface area contributed by atoms with Crippen LogP contribution >= 0.6 is 0 Å². The van der Waals surface area contributed by atoms with Crippen LogP contribution in [-0.2, 0) is 90.3 Å². The Hall–Kier alpha value is -5.63. The molecule has 10 fully saturated rings. The second-order valence-electron chi connectivity index (χ2n) is 36.4. The fourth-order valence-electron chi connectivity index (χ4n) is 21.4. The number of aliphatic hydroxyl groups excluding tert-OH is 14. The summed E-state index contributed by atoms with van der Waals surface area (Å²) in [6, 6.07) is 3.07. The van der Waals surface area contributed by atoms with Crippen molar-refractivity contribution in [1.82, 2.24) is 0 Å². The maximum atomic E-state index is 16.3. The molecule has 6 heterocycles. The van der Waals surface area contributed by atoms with Crippen molar-refractivity contribution in [3.8, 4) is 17.2 Å². The van der Waals surface area contributed by atoms with Gasteiger partial charge in [0.2, 0.25) is 12.0 Å². The normalized spacial score (nSPS) is 45.8. The van der Waals surface area contributed by atoms with Crippen LogP contribution in [0, 0.1) is 50.2 Å². The molecule has 0 spiro atoms. The molecule has 18 N–H and O–H groups in total.